The van der Waals surface area contributed by atoms with Crippen LogP contribution in [0.1, 0.15) is 12.8 Å². The molecule has 0 aliphatic carbocycles. The summed E-state index contributed by atoms with van der Waals surface area (Å²) in [6.45, 7) is 0.380. The predicted octanol–water partition coefficient (Wildman–Crippen LogP) is 3.36. The minimum Gasteiger partial charge on any atom is -0.497 e. The zero-order valence-electron chi connectivity index (χ0n) is 16.0. The Labute approximate surface area is 164 Å². The Morgan fingerprint density at radius 3 is 2.61 bits per heavy atom. The maximum Gasteiger partial charge on any atom is 0.266 e. The van der Waals surface area contributed by atoms with E-state index in [-0.39, 0.29) is 11.5 Å². The lowest BCUT2D eigenvalue weighted by Crippen LogP contribution is -2.27. The van der Waals surface area contributed by atoms with Gasteiger partial charge in [-0.05, 0) is 36.8 Å². The van der Waals surface area contributed by atoms with Crippen LogP contribution in [-0.2, 0) is 11.3 Å². The second-order valence-electron chi connectivity index (χ2n) is 6.40. The Morgan fingerprint density at radius 2 is 1.86 bits per heavy atom. The van der Waals surface area contributed by atoms with Crippen molar-refractivity contribution in [1.29, 1.82) is 0 Å². The molecule has 0 saturated carbocycles. The number of para-hydroxylation sites is 1. The van der Waals surface area contributed by atoms with Gasteiger partial charge in [-0.15, -0.1) is 0 Å². The number of aromatic nitrogens is 2. The quantitative estimate of drug-likeness (QED) is 0.633. The Morgan fingerprint density at radius 1 is 1.07 bits per heavy atom. The van der Waals surface area contributed by atoms with Gasteiger partial charge in [-0.1, -0.05) is 30.3 Å². The van der Waals surface area contributed by atoms with Crippen molar-refractivity contribution in [3.63, 3.8) is 0 Å². The van der Waals surface area contributed by atoms with Crippen molar-refractivity contribution in [3.05, 3.63) is 77.1 Å². The number of carbonyl (C=O) groups excluding carboxylic acids is 1. The number of rotatable bonds is 7. The first-order chi connectivity index (χ1) is 13.6. The second kappa shape index (κ2) is 8.99. The summed E-state index contributed by atoms with van der Waals surface area (Å²) >= 11 is 0. The Bertz CT molecular complexity index is 999. The predicted molar refractivity (Wildman–Crippen MR) is 110 cm³/mol. The third kappa shape index (κ3) is 4.65. The lowest BCUT2D eigenvalue weighted by atomic mass is 10.1. The molecule has 0 radical (unpaired) electrons. The van der Waals surface area contributed by atoms with Crippen LogP contribution in [0, 0.1) is 0 Å². The number of ether oxygens (including phenoxy) is 1. The molecular formula is C22H23N3O3. The van der Waals surface area contributed by atoms with Crippen molar-refractivity contribution in [2.45, 2.75) is 19.4 Å². The number of hydrogen-bond acceptors (Lipinski definition) is 4. The number of amides is 1. The fraction of sp³-hybridized carbons (Fsp3) is 0.227. The fourth-order valence-electron chi connectivity index (χ4n) is 2.89. The highest BCUT2D eigenvalue weighted by molar-refractivity contribution is 5.92. The van der Waals surface area contributed by atoms with Gasteiger partial charge < -0.3 is 9.64 Å². The standard InChI is InChI=1S/C22H23N3O3/c1-24(18-9-4-3-5-10-18)21(26)12-7-15-25-22(27)14-13-20(23-25)17-8-6-11-19(16-17)28-2/h3-6,8-11,13-14,16H,7,12,15H2,1-2H3. The number of hydrogen-bond donors (Lipinski definition) is 0. The number of benzene rings is 2. The summed E-state index contributed by atoms with van der Waals surface area (Å²) in [6, 6.07) is 20.2. The van der Waals surface area contributed by atoms with Crippen molar-refractivity contribution in [1.82, 2.24) is 9.78 Å². The minimum atomic E-state index is -0.185. The Balaban J connectivity index is 1.66. The second-order valence-corrected chi connectivity index (χ2v) is 6.40. The van der Waals surface area contributed by atoms with Gasteiger partial charge in [-0.2, -0.15) is 5.10 Å². The van der Waals surface area contributed by atoms with E-state index >= 15 is 0 Å². The summed E-state index contributed by atoms with van der Waals surface area (Å²) in [4.78, 5) is 26.1. The molecule has 0 fully saturated rings. The van der Waals surface area contributed by atoms with Gasteiger partial charge >= 0.3 is 0 Å². The van der Waals surface area contributed by atoms with Crippen LogP contribution >= 0.6 is 0 Å². The van der Waals surface area contributed by atoms with E-state index in [1.54, 1.807) is 25.1 Å². The van der Waals surface area contributed by atoms with Gasteiger partial charge in [-0.25, -0.2) is 4.68 Å². The summed E-state index contributed by atoms with van der Waals surface area (Å²) in [5.41, 5.74) is 2.22. The van der Waals surface area contributed by atoms with E-state index < -0.39 is 0 Å². The van der Waals surface area contributed by atoms with Crippen molar-refractivity contribution in [2.24, 2.45) is 0 Å². The molecule has 0 aliphatic heterocycles. The molecule has 1 amide bonds. The lowest BCUT2D eigenvalue weighted by molar-refractivity contribution is -0.118. The molecular weight excluding hydrogens is 354 g/mol. The van der Waals surface area contributed by atoms with Crippen molar-refractivity contribution >= 4 is 11.6 Å². The maximum atomic E-state index is 12.4. The van der Waals surface area contributed by atoms with Crippen LogP contribution in [0.15, 0.2) is 71.5 Å². The molecule has 1 aromatic heterocycles. The van der Waals surface area contributed by atoms with Crippen molar-refractivity contribution < 1.29 is 9.53 Å². The van der Waals surface area contributed by atoms with Crippen LogP contribution in [0.4, 0.5) is 5.69 Å². The average Bonchev–Trinajstić information content (AvgIpc) is 2.75. The molecule has 0 atom stereocenters. The first-order valence-corrected chi connectivity index (χ1v) is 9.12. The van der Waals surface area contributed by atoms with Gasteiger partial charge in [0.05, 0.1) is 12.8 Å². The Kier molecular flexibility index (Phi) is 6.22. The number of carbonyl (C=O) groups is 1. The van der Waals surface area contributed by atoms with Gasteiger partial charge in [0.25, 0.3) is 5.56 Å². The van der Waals surface area contributed by atoms with Crippen LogP contribution in [0.2, 0.25) is 0 Å². The zero-order chi connectivity index (χ0) is 19.9. The summed E-state index contributed by atoms with van der Waals surface area (Å²) < 4.78 is 6.65. The third-order valence-corrected chi connectivity index (χ3v) is 4.51. The van der Waals surface area contributed by atoms with Crippen LogP contribution in [0.5, 0.6) is 5.75 Å². The summed E-state index contributed by atoms with van der Waals surface area (Å²) in [5.74, 6) is 0.731. The highest BCUT2D eigenvalue weighted by Crippen LogP contribution is 2.21. The number of nitrogens with zero attached hydrogens (tertiary/aromatic N) is 3. The molecule has 6 heteroatoms. The van der Waals surface area contributed by atoms with E-state index in [1.807, 2.05) is 54.6 Å². The van der Waals surface area contributed by atoms with E-state index in [2.05, 4.69) is 5.10 Å². The third-order valence-electron chi connectivity index (χ3n) is 4.51. The van der Waals surface area contributed by atoms with E-state index in [0.717, 1.165) is 17.0 Å². The summed E-state index contributed by atoms with van der Waals surface area (Å²) in [5, 5.41) is 4.44. The molecule has 144 valence electrons. The first-order valence-electron chi connectivity index (χ1n) is 9.12. The molecule has 0 bridgehead atoms. The van der Waals surface area contributed by atoms with Gasteiger partial charge in [0.2, 0.25) is 5.91 Å². The monoisotopic (exact) mass is 377 g/mol. The SMILES string of the molecule is COc1cccc(-c2ccc(=O)n(CCCC(=O)N(C)c3ccccc3)n2)c1. The molecule has 0 unspecified atom stereocenters. The van der Waals surface area contributed by atoms with E-state index in [9.17, 15) is 9.59 Å². The first kappa shape index (κ1) is 19.4. The maximum absolute atomic E-state index is 12.4. The zero-order valence-corrected chi connectivity index (χ0v) is 16.0. The largest absolute Gasteiger partial charge is 0.497 e. The van der Waals surface area contributed by atoms with E-state index in [4.69, 9.17) is 4.74 Å². The highest BCUT2D eigenvalue weighted by atomic mass is 16.5. The number of aryl methyl sites for hydroxylation is 1. The molecule has 3 rings (SSSR count). The topological polar surface area (TPSA) is 64.4 Å². The van der Waals surface area contributed by atoms with Crippen molar-refractivity contribution in [2.75, 3.05) is 19.1 Å². The van der Waals surface area contributed by atoms with Gasteiger partial charge in [0.15, 0.2) is 0 Å². The molecule has 0 N–H and O–H groups in total. The van der Waals surface area contributed by atoms with E-state index in [0.29, 0.717) is 25.1 Å². The number of methoxy groups -OCH3 is 1. The molecule has 1 heterocycles. The van der Waals surface area contributed by atoms with E-state index in [1.165, 1.54) is 10.7 Å². The normalized spacial score (nSPS) is 10.5. The molecule has 0 aliphatic rings. The van der Waals surface area contributed by atoms with Gasteiger partial charge in [0, 0.05) is 37.3 Å². The Hall–Kier alpha value is -3.41. The average molecular weight is 377 g/mol. The lowest BCUT2D eigenvalue weighted by Gasteiger charge is -2.17. The van der Waals surface area contributed by atoms with Gasteiger partial charge in [-0.3, -0.25) is 9.59 Å². The summed E-state index contributed by atoms with van der Waals surface area (Å²) in [6.07, 6.45) is 0.868. The highest BCUT2D eigenvalue weighted by Gasteiger charge is 2.11. The van der Waals surface area contributed by atoms with Crippen LogP contribution < -0.4 is 15.2 Å². The summed E-state index contributed by atoms with van der Waals surface area (Å²) in [7, 11) is 3.36. The molecule has 3 aromatic rings. The molecule has 0 saturated heterocycles. The minimum absolute atomic E-state index is 0.00296. The van der Waals surface area contributed by atoms with Gasteiger partial charge in [0.1, 0.15) is 5.75 Å². The van der Waals surface area contributed by atoms with Crippen LogP contribution in [-0.4, -0.2) is 29.8 Å². The van der Waals surface area contributed by atoms with Crippen LogP contribution in [0.25, 0.3) is 11.3 Å². The molecule has 2 aromatic carbocycles. The number of anilines is 1. The molecule has 0 spiro atoms. The van der Waals surface area contributed by atoms with Crippen molar-refractivity contribution in [3.8, 4) is 17.0 Å². The molecule has 6 nitrogen and oxygen atoms in total. The molecule has 28 heavy (non-hydrogen) atoms. The smallest absolute Gasteiger partial charge is 0.266 e. The van der Waals surface area contributed by atoms with Crippen LogP contribution in [0.3, 0.4) is 0 Å². The fourth-order valence-corrected chi connectivity index (χ4v) is 2.89.